The monoisotopic (exact) mass is 549 g/mol. The number of ketones is 1. The normalized spacial score (nSPS) is 15.6. The maximum atomic E-state index is 13.0. The second-order valence-electron chi connectivity index (χ2n) is 10.8. The topological polar surface area (TPSA) is 52.5 Å². The van der Waals surface area contributed by atoms with E-state index in [9.17, 15) is 4.79 Å². The van der Waals surface area contributed by atoms with Crippen molar-refractivity contribution in [2.45, 2.75) is 32.6 Å². The lowest BCUT2D eigenvalue weighted by molar-refractivity contribution is 0.101. The number of anilines is 1. The van der Waals surface area contributed by atoms with Gasteiger partial charge in [-0.2, -0.15) is 0 Å². The second-order valence-corrected chi connectivity index (χ2v) is 11.7. The van der Waals surface area contributed by atoms with Gasteiger partial charge in [0.1, 0.15) is 11.3 Å². The van der Waals surface area contributed by atoms with Gasteiger partial charge in [-0.15, -0.1) is 0 Å². The van der Waals surface area contributed by atoms with Crippen LogP contribution in [0.15, 0.2) is 77.9 Å². The molecule has 1 atom stereocenters. The van der Waals surface area contributed by atoms with Crippen LogP contribution < -0.4 is 4.31 Å². The maximum Gasteiger partial charge on any atom is 0.164 e. The number of carbonyl (C=O) groups is 1. The van der Waals surface area contributed by atoms with Crippen molar-refractivity contribution < 1.29 is 9.21 Å². The summed E-state index contributed by atoms with van der Waals surface area (Å²) in [5.74, 6) is 0.960. The number of aromatic amines is 1. The molecule has 0 bridgehead atoms. The molecule has 204 valence electrons. The number of rotatable bonds is 7. The molecular weight excluding hydrogens is 514 g/mol. The minimum absolute atomic E-state index is 0.0178. The summed E-state index contributed by atoms with van der Waals surface area (Å²) in [5, 5.41) is 2.09. The zero-order valence-electron chi connectivity index (χ0n) is 23.6. The molecule has 0 aliphatic carbocycles. The summed E-state index contributed by atoms with van der Waals surface area (Å²) in [6.45, 7) is 10.1. The number of piperidine rings is 1. The molecule has 0 saturated carbocycles. The predicted molar refractivity (Wildman–Crippen MR) is 169 cm³/mol. The van der Waals surface area contributed by atoms with Crippen LogP contribution in [0.2, 0.25) is 0 Å². The third-order valence-corrected chi connectivity index (χ3v) is 9.00. The molecule has 1 saturated heterocycles. The van der Waals surface area contributed by atoms with E-state index in [-0.39, 0.29) is 5.78 Å². The average molecular weight is 550 g/mol. The summed E-state index contributed by atoms with van der Waals surface area (Å²) in [6, 6.07) is 20.9. The van der Waals surface area contributed by atoms with Crippen LogP contribution in [0.5, 0.6) is 0 Å². The SMILES string of the molecule is C=C(c1c[nH]c2ccccc12)N1CCCC(c2cc3c(C(C)=O)c(-c4ccc(C)cc4)oc3cc2N(C)SC)C1. The van der Waals surface area contributed by atoms with Gasteiger partial charge in [-0.05, 0) is 44.4 Å². The van der Waals surface area contributed by atoms with Crippen molar-refractivity contribution in [3.05, 3.63) is 95.7 Å². The molecule has 1 aliphatic rings. The molecule has 6 heteroatoms. The first-order chi connectivity index (χ1) is 19.4. The van der Waals surface area contributed by atoms with Crippen molar-refractivity contribution in [2.75, 3.05) is 30.7 Å². The Bertz CT molecular complexity index is 1730. The van der Waals surface area contributed by atoms with Crippen LogP contribution in [0.4, 0.5) is 5.69 Å². The molecule has 0 spiro atoms. The van der Waals surface area contributed by atoms with Gasteiger partial charge in [0.15, 0.2) is 5.78 Å². The number of hydrogen-bond acceptors (Lipinski definition) is 5. The Kier molecular flexibility index (Phi) is 6.97. The number of Topliss-reactive ketones (excluding diaryl/α,β-unsaturated/α-hetero) is 1. The second kappa shape index (κ2) is 10.6. The van der Waals surface area contributed by atoms with Gasteiger partial charge in [0.25, 0.3) is 0 Å². The predicted octanol–water partition coefficient (Wildman–Crippen LogP) is 8.66. The lowest BCUT2D eigenvalue weighted by Crippen LogP contribution is -2.33. The highest BCUT2D eigenvalue weighted by Crippen LogP contribution is 2.43. The smallest absolute Gasteiger partial charge is 0.164 e. The number of H-pyrrole nitrogens is 1. The lowest BCUT2D eigenvalue weighted by atomic mass is 9.87. The molecule has 0 amide bonds. The van der Waals surface area contributed by atoms with Crippen molar-refractivity contribution in [2.24, 2.45) is 0 Å². The number of fused-ring (bicyclic) bond motifs is 2. The van der Waals surface area contributed by atoms with Gasteiger partial charge < -0.3 is 18.6 Å². The van der Waals surface area contributed by atoms with E-state index in [0.717, 1.165) is 64.9 Å². The van der Waals surface area contributed by atoms with Gasteiger partial charge in [-0.1, -0.05) is 66.6 Å². The molecule has 3 heterocycles. The summed E-state index contributed by atoms with van der Waals surface area (Å²) in [7, 11) is 2.09. The van der Waals surface area contributed by atoms with Crippen LogP contribution in [0.25, 0.3) is 38.9 Å². The van der Waals surface area contributed by atoms with E-state index in [0.29, 0.717) is 17.2 Å². The van der Waals surface area contributed by atoms with E-state index < -0.39 is 0 Å². The molecule has 3 aromatic carbocycles. The van der Waals surface area contributed by atoms with Crippen LogP contribution in [0, 0.1) is 6.92 Å². The number of aryl methyl sites for hydroxylation is 1. The lowest BCUT2D eigenvalue weighted by Gasteiger charge is -2.37. The quantitative estimate of drug-likeness (QED) is 0.163. The van der Waals surface area contributed by atoms with Crippen molar-refractivity contribution in [1.82, 2.24) is 9.88 Å². The fourth-order valence-electron chi connectivity index (χ4n) is 6.06. The van der Waals surface area contributed by atoms with Crippen LogP contribution in [0.1, 0.15) is 52.7 Å². The highest BCUT2D eigenvalue weighted by atomic mass is 32.2. The molecule has 40 heavy (non-hydrogen) atoms. The van der Waals surface area contributed by atoms with E-state index in [2.05, 4.69) is 95.7 Å². The van der Waals surface area contributed by atoms with Crippen molar-refractivity contribution in [3.63, 3.8) is 0 Å². The first-order valence-electron chi connectivity index (χ1n) is 13.8. The Balaban J connectivity index is 1.42. The van der Waals surface area contributed by atoms with E-state index in [1.54, 1.807) is 18.9 Å². The third kappa shape index (κ3) is 4.60. The van der Waals surface area contributed by atoms with Gasteiger partial charge in [-0.3, -0.25) is 4.79 Å². The molecule has 6 rings (SSSR count). The molecule has 1 N–H and O–H groups in total. The number of hydrogen-bond donors (Lipinski definition) is 1. The Morgan fingerprint density at radius 3 is 2.65 bits per heavy atom. The van der Waals surface area contributed by atoms with Gasteiger partial charge in [0.05, 0.1) is 11.3 Å². The largest absolute Gasteiger partial charge is 0.455 e. The van der Waals surface area contributed by atoms with Crippen molar-refractivity contribution >= 4 is 51.0 Å². The molecule has 5 aromatic rings. The van der Waals surface area contributed by atoms with Crippen LogP contribution in [-0.2, 0) is 0 Å². The molecule has 0 radical (unpaired) electrons. The molecule has 5 nitrogen and oxygen atoms in total. The number of aromatic nitrogens is 1. The Labute approximate surface area is 240 Å². The molecular formula is C34H35N3O2S. The number of benzene rings is 3. The van der Waals surface area contributed by atoms with Crippen LogP contribution in [0.3, 0.4) is 0 Å². The van der Waals surface area contributed by atoms with Crippen LogP contribution in [-0.4, -0.2) is 42.1 Å². The summed E-state index contributed by atoms with van der Waals surface area (Å²) >= 11 is 1.68. The van der Waals surface area contributed by atoms with Crippen molar-refractivity contribution in [3.8, 4) is 11.3 Å². The zero-order chi connectivity index (χ0) is 28.0. The maximum absolute atomic E-state index is 13.0. The number of carbonyl (C=O) groups excluding carboxylic acids is 1. The van der Waals surface area contributed by atoms with Gasteiger partial charge in [-0.25, -0.2) is 0 Å². The Hall–Kier alpha value is -3.90. The molecule has 2 aromatic heterocycles. The van der Waals surface area contributed by atoms with Gasteiger partial charge >= 0.3 is 0 Å². The van der Waals surface area contributed by atoms with E-state index in [1.807, 2.05) is 12.1 Å². The summed E-state index contributed by atoms with van der Waals surface area (Å²) in [4.78, 5) is 18.9. The number of nitrogens with zero attached hydrogens (tertiary/aromatic N) is 2. The number of likely N-dealkylation sites (tertiary alicyclic amines) is 1. The summed E-state index contributed by atoms with van der Waals surface area (Å²) in [6.07, 6.45) is 6.32. The van der Waals surface area contributed by atoms with Crippen molar-refractivity contribution in [1.29, 1.82) is 0 Å². The fraction of sp³-hybridized carbons (Fsp3) is 0.265. The first kappa shape index (κ1) is 26.3. The molecule has 1 aliphatic heterocycles. The number of nitrogens with one attached hydrogen (secondary N) is 1. The van der Waals surface area contributed by atoms with Gasteiger partial charge in [0, 0.05) is 77.7 Å². The highest BCUT2D eigenvalue weighted by Gasteiger charge is 2.29. The molecule has 1 fully saturated rings. The van der Waals surface area contributed by atoms with E-state index >= 15 is 0 Å². The van der Waals surface area contributed by atoms with Gasteiger partial charge in [0.2, 0.25) is 0 Å². The zero-order valence-corrected chi connectivity index (χ0v) is 24.4. The Morgan fingerprint density at radius 2 is 1.90 bits per heavy atom. The number of para-hydroxylation sites is 1. The standard InChI is InChI=1S/C34H35N3O2S/c1-21-12-14-24(15-13-21)34-33(23(3)38)28-17-27(31(36(4)40-5)18-32(28)39-34)25-9-8-16-37(20-25)22(2)29-19-35-30-11-7-6-10-26(29)30/h6-7,10-15,17-19,25,35H,2,8-9,16,20H2,1,3-5H3. The molecule has 1 unspecified atom stereocenters. The Morgan fingerprint density at radius 1 is 1.12 bits per heavy atom. The van der Waals surface area contributed by atoms with Crippen LogP contribution >= 0.6 is 11.9 Å². The van der Waals surface area contributed by atoms with E-state index in [1.165, 1.54) is 16.5 Å². The minimum atomic E-state index is 0.0178. The van der Waals surface area contributed by atoms with E-state index in [4.69, 9.17) is 4.42 Å². The summed E-state index contributed by atoms with van der Waals surface area (Å²) < 4.78 is 8.63. The fourth-order valence-corrected chi connectivity index (χ4v) is 6.42. The first-order valence-corrected chi connectivity index (χ1v) is 15.0. The average Bonchev–Trinajstić information content (AvgIpc) is 3.58. The number of furan rings is 1. The highest BCUT2D eigenvalue weighted by molar-refractivity contribution is 7.99. The summed E-state index contributed by atoms with van der Waals surface area (Å²) in [5.41, 5.74) is 9.22. The third-order valence-electron chi connectivity index (χ3n) is 8.26. The minimum Gasteiger partial charge on any atom is -0.455 e.